The Bertz CT molecular complexity index is 774. The Morgan fingerprint density at radius 3 is 2.69 bits per heavy atom. The lowest BCUT2D eigenvalue weighted by atomic mass is 10.0. The van der Waals surface area contributed by atoms with Crippen molar-refractivity contribution in [2.75, 3.05) is 26.3 Å². The topological polar surface area (TPSA) is 114 Å². The van der Waals surface area contributed by atoms with Gasteiger partial charge in [0, 0.05) is 31.9 Å². The maximum atomic E-state index is 12.5. The highest BCUT2D eigenvalue weighted by molar-refractivity contribution is 7.89. The average molecular weight is 381 g/mol. The van der Waals surface area contributed by atoms with E-state index in [1.54, 1.807) is 6.07 Å². The summed E-state index contributed by atoms with van der Waals surface area (Å²) in [6.45, 7) is 2.39. The van der Waals surface area contributed by atoms with Crippen LogP contribution in [0.5, 0.6) is 0 Å². The monoisotopic (exact) mass is 381 g/mol. The van der Waals surface area contributed by atoms with E-state index in [9.17, 15) is 18.0 Å². The van der Waals surface area contributed by atoms with Crippen LogP contribution in [-0.4, -0.2) is 52.6 Å². The molecule has 0 spiro atoms. The van der Waals surface area contributed by atoms with Crippen LogP contribution in [0, 0.1) is 5.92 Å². The molecule has 8 nitrogen and oxygen atoms in total. The van der Waals surface area contributed by atoms with Crippen molar-refractivity contribution in [2.24, 2.45) is 5.92 Å². The zero-order valence-corrected chi connectivity index (χ0v) is 15.2. The van der Waals surface area contributed by atoms with Crippen LogP contribution in [0.15, 0.2) is 29.2 Å². The predicted octanol–water partition coefficient (Wildman–Crippen LogP) is 0.00980. The van der Waals surface area contributed by atoms with Gasteiger partial charge in [-0.25, -0.2) is 8.42 Å². The second kappa shape index (κ2) is 8.15. The standard InChI is InChI=1S/C17H23N3O5S/c21-16(19-11-12-5-8-25-9-6-12)13-2-1-3-14(10-13)26(23,24)20-15-4-7-18-17(15)22/h1-3,10,12,15,20H,4-9,11H2,(H,18,22)(H,19,21)/t15-/m1/s1. The summed E-state index contributed by atoms with van der Waals surface area (Å²) < 4.78 is 32.6. The number of sulfonamides is 1. The number of hydrogen-bond donors (Lipinski definition) is 3. The maximum Gasteiger partial charge on any atom is 0.251 e. The first-order valence-corrected chi connectivity index (χ1v) is 10.2. The van der Waals surface area contributed by atoms with Crippen LogP contribution in [-0.2, 0) is 19.6 Å². The second-order valence-corrected chi connectivity index (χ2v) is 8.26. The van der Waals surface area contributed by atoms with Gasteiger partial charge in [0.2, 0.25) is 15.9 Å². The molecule has 1 atom stereocenters. The minimum Gasteiger partial charge on any atom is -0.381 e. The Morgan fingerprint density at radius 1 is 1.23 bits per heavy atom. The van der Waals surface area contributed by atoms with Crippen LogP contribution in [0.4, 0.5) is 0 Å². The van der Waals surface area contributed by atoms with Gasteiger partial charge in [-0.1, -0.05) is 6.07 Å². The lowest BCUT2D eigenvalue weighted by Gasteiger charge is -2.22. The van der Waals surface area contributed by atoms with E-state index in [4.69, 9.17) is 4.74 Å². The predicted molar refractivity (Wildman–Crippen MR) is 94.1 cm³/mol. The van der Waals surface area contributed by atoms with E-state index < -0.39 is 16.1 Å². The Morgan fingerprint density at radius 2 is 2.00 bits per heavy atom. The minimum absolute atomic E-state index is 0.0316. The van der Waals surface area contributed by atoms with Gasteiger partial charge < -0.3 is 15.4 Å². The third-order valence-electron chi connectivity index (χ3n) is 4.64. The maximum absolute atomic E-state index is 12.5. The smallest absolute Gasteiger partial charge is 0.251 e. The highest BCUT2D eigenvalue weighted by Crippen LogP contribution is 2.15. The highest BCUT2D eigenvalue weighted by Gasteiger charge is 2.29. The first-order chi connectivity index (χ1) is 12.5. The number of carbonyl (C=O) groups is 2. The molecule has 26 heavy (non-hydrogen) atoms. The molecule has 2 fully saturated rings. The Labute approximate surface area is 152 Å². The van der Waals surface area contributed by atoms with Crippen LogP contribution in [0.1, 0.15) is 29.6 Å². The van der Waals surface area contributed by atoms with E-state index in [1.807, 2.05) is 0 Å². The first kappa shape index (κ1) is 18.8. The number of hydrogen-bond acceptors (Lipinski definition) is 5. The Balaban J connectivity index is 1.64. The first-order valence-electron chi connectivity index (χ1n) is 8.72. The van der Waals surface area contributed by atoms with Crippen molar-refractivity contribution in [3.05, 3.63) is 29.8 Å². The molecular weight excluding hydrogens is 358 g/mol. The van der Waals surface area contributed by atoms with Gasteiger partial charge in [0.05, 0.1) is 4.90 Å². The van der Waals surface area contributed by atoms with E-state index in [1.165, 1.54) is 18.2 Å². The van der Waals surface area contributed by atoms with Gasteiger partial charge in [0.25, 0.3) is 5.91 Å². The number of benzene rings is 1. The summed E-state index contributed by atoms with van der Waals surface area (Å²) in [5.41, 5.74) is 0.274. The van der Waals surface area contributed by atoms with Gasteiger partial charge in [0.15, 0.2) is 0 Å². The van der Waals surface area contributed by atoms with Crippen molar-refractivity contribution in [1.82, 2.24) is 15.4 Å². The summed E-state index contributed by atoms with van der Waals surface area (Å²) in [7, 11) is -3.88. The van der Waals surface area contributed by atoms with Crippen molar-refractivity contribution in [3.8, 4) is 0 Å². The largest absolute Gasteiger partial charge is 0.381 e. The molecule has 2 heterocycles. The minimum atomic E-state index is -3.88. The molecule has 142 valence electrons. The normalized spacial score (nSPS) is 21.4. The molecule has 0 aromatic heterocycles. The molecule has 0 radical (unpaired) electrons. The molecule has 2 amide bonds. The summed E-state index contributed by atoms with van der Waals surface area (Å²) in [6, 6.07) is 5.05. The summed E-state index contributed by atoms with van der Waals surface area (Å²) in [5.74, 6) is -0.270. The lowest BCUT2D eigenvalue weighted by Crippen LogP contribution is -2.40. The molecule has 3 N–H and O–H groups in total. The van der Waals surface area contributed by atoms with Crippen LogP contribution in [0.25, 0.3) is 0 Å². The van der Waals surface area contributed by atoms with Gasteiger partial charge in [0.1, 0.15) is 6.04 Å². The van der Waals surface area contributed by atoms with Gasteiger partial charge in [-0.2, -0.15) is 4.72 Å². The molecule has 0 aliphatic carbocycles. The van der Waals surface area contributed by atoms with Gasteiger partial charge in [-0.3, -0.25) is 9.59 Å². The van der Waals surface area contributed by atoms with Crippen LogP contribution < -0.4 is 15.4 Å². The molecule has 9 heteroatoms. The van der Waals surface area contributed by atoms with Gasteiger partial charge in [-0.15, -0.1) is 0 Å². The van der Waals surface area contributed by atoms with Gasteiger partial charge in [-0.05, 0) is 43.4 Å². The highest BCUT2D eigenvalue weighted by atomic mass is 32.2. The molecule has 0 unspecified atom stereocenters. The fraction of sp³-hybridized carbons (Fsp3) is 0.529. The Kier molecular flexibility index (Phi) is 5.90. The lowest BCUT2D eigenvalue weighted by molar-refractivity contribution is -0.120. The molecular formula is C17H23N3O5S. The summed E-state index contributed by atoms with van der Waals surface area (Å²) in [4.78, 5) is 23.9. The molecule has 1 aromatic rings. The number of amides is 2. The summed E-state index contributed by atoms with van der Waals surface area (Å²) in [5, 5.41) is 5.44. The number of rotatable bonds is 6. The molecule has 0 saturated carbocycles. The summed E-state index contributed by atoms with van der Waals surface area (Å²) >= 11 is 0. The fourth-order valence-electron chi connectivity index (χ4n) is 3.06. The zero-order valence-electron chi connectivity index (χ0n) is 14.4. The van der Waals surface area contributed by atoms with E-state index in [0.29, 0.717) is 38.6 Å². The van der Waals surface area contributed by atoms with Crippen LogP contribution in [0.2, 0.25) is 0 Å². The Hall–Kier alpha value is -1.97. The van der Waals surface area contributed by atoms with E-state index >= 15 is 0 Å². The molecule has 2 saturated heterocycles. The van der Waals surface area contributed by atoms with E-state index in [-0.39, 0.29) is 22.3 Å². The van der Waals surface area contributed by atoms with Crippen LogP contribution in [0.3, 0.4) is 0 Å². The number of nitrogens with one attached hydrogen (secondary N) is 3. The molecule has 3 rings (SSSR count). The molecule has 2 aliphatic rings. The molecule has 1 aromatic carbocycles. The quantitative estimate of drug-likeness (QED) is 0.642. The summed E-state index contributed by atoms with van der Waals surface area (Å²) in [6.07, 6.45) is 2.22. The van der Waals surface area contributed by atoms with E-state index in [0.717, 1.165) is 12.8 Å². The van der Waals surface area contributed by atoms with Crippen molar-refractivity contribution in [1.29, 1.82) is 0 Å². The number of carbonyl (C=O) groups excluding carboxylic acids is 2. The third kappa shape index (κ3) is 4.60. The number of ether oxygens (including phenoxy) is 1. The third-order valence-corrected chi connectivity index (χ3v) is 6.11. The molecule has 2 aliphatic heterocycles. The zero-order chi connectivity index (χ0) is 18.6. The van der Waals surface area contributed by atoms with Crippen LogP contribution >= 0.6 is 0 Å². The molecule has 0 bridgehead atoms. The van der Waals surface area contributed by atoms with Gasteiger partial charge >= 0.3 is 0 Å². The van der Waals surface area contributed by atoms with Crippen molar-refractivity contribution < 1.29 is 22.7 Å². The van der Waals surface area contributed by atoms with Crippen molar-refractivity contribution >= 4 is 21.8 Å². The van der Waals surface area contributed by atoms with Crippen molar-refractivity contribution in [3.63, 3.8) is 0 Å². The van der Waals surface area contributed by atoms with Crippen molar-refractivity contribution in [2.45, 2.75) is 30.2 Å². The fourth-order valence-corrected chi connectivity index (χ4v) is 4.33. The second-order valence-electron chi connectivity index (χ2n) is 6.55. The SMILES string of the molecule is O=C(NCC1CCOCC1)c1cccc(S(=O)(=O)N[C@@H]2CCNC2=O)c1. The average Bonchev–Trinajstić information content (AvgIpc) is 3.05. The van der Waals surface area contributed by atoms with E-state index in [2.05, 4.69) is 15.4 Å².